The van der Waals surface area contributed by atoms with Crippen LogP contribution in [0.1, 0.15) is 18.4 Å². The molecular formula is C20H25FN2O4S. The molecule has 0 saturated carbocycles. The van der Waals surface area contributed by atoms with Crippen LogP contribution in [0.2, 0.25) is 0 Å². The highest BCUT2D eigenvalue weighted by atomic mass is 32.2. The van der Waals surface area contributed by atoms with E-state index in [9.17, 15) is 17.6 Å². The van der Waals surface area contributed by atoms with Gasteiger partial charge in [0.15, 0.2) is 0 Å². The Bertz CT molecular complexity index is 842. The number of benzene rings is 2. The first-order valence-electron chi connectivity index (χ1n) is 8.98. The summed E-state index contributed by atoms with van der Waals surface area (Å²) >= 11 is 0. The number of sulfonamides is 1. The zero-order valence-electron chi connectivity index (χ0n) is 15.8. The van der Waals surface area contributed by atoms with E-state index in [-0.39, 0.29) is 18.9 Å². The Morgan fingerprint density at radius 1 is 1.11 bits per heavy atom. The van der Waals surface area contributed by atoms with Gasteiger partial charge in [-0.25, -0.2) is 12.8 Å². The first kappa shape index (κ1) is 21.8. The van der Waals surface area contributed by atoms with Crippen molar-refractivity contribution in [2.45, 2.75) is 19.4 Å². The molecule has 1 N–H and O–H groups in total. The van der Waals surface area contributed by atoms with Crippen LogP contribution in [0, 0.1) is 5.82 Å². The molecule has 0 fully saturated rings. The molecule has 0 atom stereocenters. The molecule has 2 rings (SSSR count). The van der Waals surface area contributed by atoms with Gasteiger partial charge in [0.05, 0.1) is 25.2 Å². The van der Waals surface area contributed by atoms with Crippen molar-refractivity contribution in [2.75, 3.05) is 30.3 Å². The molecular weight excluding hydrogens is 383 g/mol. The number of halogens is 1. The molecule has 0 aliphatic rings. The summed E-state index contributed by atoms with van der Waals surface area (Å²) in [6.45, 7) is 1.41. The number of carbonyl (C=O) groups excluding carboxylic acids is 1. The summed E-state index contributed by atoms with van der Waals surface area (Å²) in [6, 6.07) is 15.0. The topological polar surface area (TPSA) is 75.7 Å². The summed E-state index contributed by atoms with van der Waals surface area (Å²) in [7, 11) is -3.52. The van der Waals surface area contributed by atoms with Gasteiger partial charge in [-0.15, -0.1) is 0 Å². The molecule has 0 aromatic heterocycles. The highest BCUT2D eigenvalue weighted by Gasteiger charge is 2.17. The monoisotopic (exact) mass is 408 g/mol. The minimum Gasteiger partial charge on any atom is -0.375 e. The zero-order valence-corrected chi connectivity index (χ0v) is 16.6. The van der Waals surface area contributed by atoms with Gasteiger partial charge in [-0.05, 0) is 36.2 Å². The van der Waals surface area contributed by atoms with Crippen molar-refractivity contribution < 1.29 is 22.3 Å². The number of carbonyl (C=O) groups is 1. The number of amides is 1. The maximum Gasteiger partial charge on any atom is 0.232 e. The first-order chi connectivity index (χ1) is 13.4. The van der Waals surface area contributed by atoms with E-state index < -0.39 is 15.8 Å². The summed E-state index contributed by atoms with van der Waals surface area (Å²) in [4.78, 5) is 11.9. The van der Waals surface area contributed by atoms with E-state index in [0.29, 0.717) is 31.9 Å². The average Bonchev–Trinajstić information content (AvgIpc) is 2.66. The number of rotatable bonds is 11. The fourth-order valence-corrected chi connectivity index (χ4v) is 3.56. The lowest BCUT2D eigenvalue weighted by Crippen LogP contribution is -2.32. The van der Waals surface area contributed by atoms with Crippen LogP contribution in [0.15, 0.2) is 54.6 Å². The molecule has 1 amide bonds. The molecule has 0 bridgehead atoms. The zero-order chi connectivity index (χ0) is 20.4. The highest BCUT2D eigenvalue weighted by molar-refractivity contribution is 7.92. The van der Waals surface area contributed by atoms with Crippen LogP contribution >= 0.6 is 0 Å². The predicted octanol–water partition coefficient (Wildman–Crippen LogP) is 2.70. The van der Waals surface area contributed by atoms with E-state index in [2.05, 4.69) is 5.32 Å². The van der Waals surface area contributed by atoms with Crippen molar-refractivity contribution in [1.82, 2.24) is 5.32 Å². The Balaban J connectivity index is 1.68. The Labute approximate surface area is 165 Å². The Morgan fingerprint density at radius 2 is 1.79 bits per heavy atom. The molecule has 2 aromatic rings. The lowest BCUT2D eigenvalue weighted by atomic mass is 10.2. The SMILES string of the molecule is CS(=O)(=O)N(CCCC(=O)NCCOCc1ccccc1)c1ccc(F)cc1. The largest absolute Gasteiger partial charge is 0.375 e. The molecule has 2 aromatic carbocycles. The van der Waals surface area contributed by atoms with Gasteiger partial charge in [-0.1, -0.05) is 30.3 Å². The van der Waals surface area contributed by atoms with Gasteiger partial charge < -0.3 is 10.1 Å². The van der Waals surface area contributed by atoms with Crippen molar-refractivity contribution in [3.05, 3.63) is 66.0 Å². The molecule has 0 heterocycles. The van der Waals surface area contributed by atoms with E-state index >= 15 is 0 Å². The molecule has 152 valence electrons. The van der Waals surface area contributed by atoms with Crippen LogP contribution in [-0.4, -0.2) is 40.3 Å². The van der Waals surface area contributed by atoms with Gasteiger partial charge in [0.1, 0.15) is 5.82 Å². The van der Waals surface area contributed by atoms with Crippen LogP contribution in [-0.2, 0) is 26.2 Å². The molecule has 0 spiro atoms. The van der Waals surface area contributed by atoms with Crippen LogP contribution in [0.4, 0.5) is 10.1 Å². The average molecular weight is 408 g/mol. The number of nitrogens with one attached hydrogen (secondary N) is 1. The second kappa shape index (κ2) is 10.8. The third kappa shape index (κ3) is 7.66. The van der Waals surface area contributed by atoms with Gasteiger partial charge in [-0.3, -0.25) is 9.10 Å². The van der Waals surface area contributed by atoms with E-state index in [4.69, 9.17) is 4.74 Å². The molecule has 0 unspecified atom stereocenters. The molecule has 6 nitrogen and oxygen atoms in total. The molecule has 0 radical (unpaired) electrons. The van der Waals surface area contributed by atoms with Crippen molar-refractivity contribution in [2.24, 2.45) is 0 Å². The lowest BCUT2D eigenvalue weighted by molar-refractivity contribution is -0.121. The van der Waals surface area contributed by atoms with E-state index in [1.54, 1.807) is 0 Å². The molecule has 0 aliphatic heterocycles. The minimum atomic E-state index is -3.52. The summed E-state index contributed by atoms with van der Waals surface area (Å²) < 4.78 is 43.6. The molecule has 8 heteroatoms. The van der Waals surface area contributed by atoms with E-state index in [1.165, 1.54) is 28.6 Å². The Morgan fingerprint density at radius 3 is 2.43 bits per heavy atom. The fraction of sp³-hybridized carbons (Fsp3) is 0.350. The number of ether oxygens (including phenoxy) is 1. The van der Waals surface area contributed by atoms with Crippen LogP contribution in [0.25, 0.3) is 0 Å². The standard InChI is InChI=1S/C20H25FN2O4S/c1-28(25,26)23(19-11-9-18(21)10-12-19)14-5-8-20(24)22-13-15-27-16-17-6-3-2-4-7-17/h2-4,6-7,9-12H,5,8,13-16H2,1H3,(H,22,24). The second-order valence-corrected chi connectivity index (χ2v) is 8.21. The Hall–Kier alpha value is -2.45. The number of hydrogen-bond donors (Lipinski definition) is 1. The number of hydrogen-bond acceptors (Lipinski definition) is 4. The van der Waals surface area contributed by atoms with Gasteiger partial charge in [0, 0.05) is 19.5 Å². The maximum atomic E-state index is 13.0. The fourth-order valence-electron chi connectivity index (χ4n) is 2.59. The maximum absolute atomic E-state index is 13.0. The summed E-state index contributed by atoms with van der Waals surface area (Å²) in [6.07, 6.45) is 1.62. The van der Waals surface area contributed by atoms with Gasteiger partial charge in [0.2, 0.25) is 15.9 Å². The van der Waals surface area contributed by atoms with Crippen molar-refractivity contribution >= 4 is 21.6 Å². The molecule has 0 saturated heterocycles. The number of nitrogens with zero attached hydrogens (tertiary/aromatic N) is 1. The Kier molecular flexibility index (Phi) is 8.41. The summed E-state index contributed by atoms with van der Waals surface area (Å²) in [5, 5.41) is 2.75. The normalized spacial score (nSPS) is 11.2. The molecule has 0 aliphatic carbocycles. The lowest BCUT2D eigenvalue weighted by Gasteiger charge is -2.22. The third-order valence-electron chi connectivity index (χ3n) is 3.96. The van der Waals surface area contributed by atoms with Crippen LogP contribution in [0.5, 0.6) is 0 Å². The van der Waals surface area contributed by atoms with E-state index in [1.807, 2.05) is 30.3 Å². The third-order valence-corrected chi connectivity index (χ3v) is 5.15. The summed E-state index contributed by atoms with van der Waals surface area (Å²) in [5.74, 6) is -0.609. The first-order valence-corrected chi connectivity index (χ1v) is 10.8. The van der Waals surface area contributed by atoms with Crippen molar-refractivity contribution in [1.29, 1.82) is 0 Å². The summed E-state index contributed by atoms with van der Waals surface area (Å²) in [5.41, 5.74) is 1.44. The highest BCUT2D eigenvalue weighted by Crippen LogP contribution is 2.18. The molecule has 28 heavy (non-hydrogen) atoms. The number of anilines is 1. The van der Waals surface area contributed by atoms with Gasteiger partial charge >= 0.3 is 0 Å². The smallest absolute Gasteiger partial charge is 0.232 e. The predicted molar refractivity (Wildman–Crippen MR) is 107 cm³/mol. The van der Waals surface area contributed by atoms with Gasteiger partial charge in [-0.2, -0.15) is 0 Å². The minimum absolute atomic E-state index is 0.141. The second-order valence-electron chi connectivity index (χ2n) is 6.30. The quantitative estimate of drug-likeness (QED) is 0.580. The van der Waals surface area contributed by atoms with Crippen LogP contribution < -0.4 is 9.62 Å². The van der Waals surface area contributed by atoms with E-state index in [0.717, 1.165) is 11.8 Å². The van der Waals surface area contributed by atoms with Crippen molar-refractivity contribution in [3.8, 4) is 0 Å². The van der Waals surface area contributed by atoms with Crippen molar-refractivity contribution in [3.63, 3.8) is 0 Å². The van der Waals surface area contributed by atoms with Crippen LogP contribution in [0.3, 0.4) is 0 Å². The van der Waals surface area contributed by atoms with Gasteiger partial charge in [0.25, 0.3) is 0 Å².